The zero-order valence-electron chi connectivity index (χ0n) is 7.48. The van der Waals surface area contributed by atoms with E-state index in [1.165, 1.54) is 24.5 Å². The third-order valence-electron chi connectivity index (χ3n) is 1.59. The molecule has 1 heterocycles. The molecule has 0 fully saturated rings. The molecule has 0 saturated carbocycles. The van der Waals surface area contributed by atoms with Crippen molar-refractivity contribution in [3.05, 3.63) is 18.1 Å². The molecule has 0 aliphatic carbocycles. The SMILES string of the molecule is CN(CC(F)F)c1ncncc1C#N. The maximum atomic E-state index is 12.0. The fraction of sp³-hybridized carbons (Fsp3) is 0.375. The normalized spacial score (nSPS) is 9.93. The summed E-state index contributed by atoms with van der Waals surface area (Å²) in [5, 5.41) is 8.66. The first-order valence-electron chi connectivity index (χ1n) is 3.84. The van der Waals surface area contributed by atoms with Gasteiger partial charge in [-0.1, -0.05) is 0 Å². The van der Waals surface area contributed by atoms with Crippen molar-refractivity contribution in [2.75, 3.05) is 18.5 Å². The Hall–Kier alpha value is -1.77. The number of rotatable bonds is 3. The topological polar surface area (TPSA) is 52.8 Å². The number of alkyl halides is 2. The largest absolute Gasteiger partial charge is 0.353 e. The lowest BCUT2D eigenvalue weighted by atomic mass is 10.3. The first kappa shape index (κ1) is 10.3. The predicted molar refractivity (Wildman–Crippen MR) is 46.0 cm³/mol. The van der Waals surface area contributed by atoms with E-state index in [4.69, 9.17) is 5.26 Å². The fourth-order valence-electron chi connectivity index (χ4n) is 1.000. The average Bonchev–Trinajstić information content (AvgIpc) is 2.16. The molecule has 4 nitrogen and oxygen atoms in total. The first-order chi connectivity index (χ1) is 6.65. The lowest BCUT2D eigenvalue weighted by Crippen LogP contribution is -2.25. The van der Waals surface area contributed by atoms with Crippen LogP contribution in [0.15, 0.2) is 12.5 Å². The van der Waals surface area contributed by atoms with Crippen LogP contribution in [0.4, 0.5) is 14.6 Å². The van der Waals surface area contributed by atoms with E-state index >= 15 is 0 Å². The molecule has 14 heavy (non-hydrogen) atoms. The molecular formula is C8H8F2N4. The number of aromatic nitrogens is 2. The molecular weight excluding hydrogens is 190 g/mol. The van der Waals surface area contributed by atoms with Gasteiger partial charge in [-0.05, 0) is 0 Å². The standard InChI is InChI=1S/C8H8F2N4/c1-14(4-7(9)10)8-6(2-11)3-12-5-13-8/h3,5,7H,4H2,1H3. The van der Waals surface area contributed by atoms with Crippen LogP contribution in [0.1, 0.15) is 5.56 Å². The Morgan fingerprint density at radius 3 is 2.93 bits per heavy atom. The maximum absolute atomic E-state index is 12.0. The first-order valence-corrected chi connectivity index (χ1v) is 3.84. The molecule has 0 radical (unpaired) electrons. The molecule has 6 heteroatoms. The van der Waals surface area contributed by atoms with Gasteiger partial charge in [-0.3, -0.25) is 0 Å². The van der Waals surface area contributed by atoms with Crippen molar-refractivity contribution in [3.63, 3.8) is 0 Å². The molecule has 0 unspecified atom stereocenters. The van der Waals surface area contributed by atoms with Gasteiger partial charge in [0.25, 0.3) is 6.43 Å². The summed E-state index contributed by atoms with van der Waals surface area (Å²) in [5.74, 6) is 0.225. The van der Waals surface area contributed by atoms with E-state index in [2.05, 4.69) is 9.97 Å². The van der Waals surface area contributed by atoms with E-state index in [0.717, 1.165) is 0 Å². The highest BCUT2D eigenvalue weighted by Gasteiger charge is 2.12. The highest BCUT2D eigenvalue weighted by atomic mass is 19.3. The Labute approximate surface area is 79.8 Å². The second-order valence-corrected chi connectivity index (χ2v) is 2.64. The second kappa shape index (κ2) is 4.46. The van der Waals surface area contributed by atoms with Crippen molar-refractivity contribution in [3.8, 4) is 6.07 Å². The Kier molecular flexibility index (Phi) is 3.29. The van der Waals surface area contributed by atoms with Crippen LogP contribution in [-0.4, -0.2) is 30.0 Å². The van der Waals surface area contributed by atoms with E-state index in [1.54, 1.807) is 0 Å². The zero-order valence-corrected chi connectivity index (χ0v) is 7.48. The molecule has 0 amide bonds. The van der Waals surface area contributed by atoms with E-state index in [9.17, 15) is 8.78 Å². The zero-order chi connectivity index (χ0) is 10.6. The van der Waals surface area contributed by atoms with E-state index < -0.39 is 13.0 Å². The van der Waals surface area contributed by atoms with Gasteiger partial charge >= 0.3 is 0 Å². The fourth-order valence-corrected chi connectivity index (χ4v) is 1.000. The molecule has 0 bridgehead atoms. The number of hydrogen-bond acceptors (Lipinski definition) is 4. The van der Waals surface area contributed by atoms with Gasteiger partial charge in [0.05, 0.1) is 12.7 Å². The Bertz CT molecular complexity index is 347. The van der Waals surface area contributed by atoms with Crippen molar-refractivity contribution in [1.29, 1.82) is 5.26 Å². The minimum atomic E-state index is -2.46. The van der Waals surface area contributed by atoms with Crippen molar-refractivity contribution >= 4 is 5.82 Å². The summed E-state index contributed by atoms with van der Waals surface area (Å²) in [6.07, 6.45) is 0.0594. The molecule has 0 N–H and O–H groups in total. The van der Waals surface area contributed by atoms with E-state index in [1.807, 2.05) is 6.07 Å². The number of anilines is 1. The molecule has 1 aromatic heterocycles. The van der Waals surface area contributed by atoms with E-state index in [0.29, 0.717) is 0 Å². The van der Waals surface area contributed by atoms with Crippen LogP contribution in [-0.2, 0) is 0 Å². The van der Waals surface area contributed by atoms with E-state index in [-0.39, 0.29) is 11.4 Å². The Morgan fingerprint density at radius 2 is 2.36 bits per heavy atom. The summed E-state index contributed by atoms with van der Waals surface area (Å²) in [4.78, 5) is 8.62. The van der Waals surface area contributed by atoms with Gasteiger partial charge in [-0.25, -0.2) is 18.7 Å². The number of nitriles is 1. The summed E-state index contributed by atoms with van der Waals surface area (Å²) in [6, 6.07) is 1.84. The van der Waals surface area contributed by atoms with Gasteiger partial charge in [-0.15, -0.1) is 0 Å². The maximum Gasteiger partial charge on any atom is 0.255 e. The van der Waals surface area contributed by atoms with Gasteiger partial charge in [-0.2, -0.15) is 5.26 Å². The van der Waals surface area contributed by atoms with Crippen LogP contribution in [0.2, 0.25) is 0 Å². The van der Waals surface area contributed by atoms with Gasteiger partial charge in [0.1, 0.15) is 23.8 Å². The number of nitrogens with zero attached hydrogens (tertiary/aromatic N) is 4. The summed E-state index contributed by atoms with van der Waals surface area (Å²) in [7, 11) is 1.45. The van der Waals surface area contributed by atoms with Gasteiger partial charge in [0, 0.05) is 7.05 Å². The van der Waals surface area contributed by atoms with Crippen LogP contribution < -0.4 is 4.90 Å². The molecule has 1 aromatic rings. The van der Waals surface area contributed by atoms with Crippen LogP contribution >= 0.6 is 0 Å². The predicted octanol–water partition coefficient (Wildman–Crippen LogP) is 1.05. The second-order valence-electron chi connectivity index (χ2n) is 2.64. The highest BCUT2D eigenvalue weighted by molar-refractivity contribution is 5.51. The molecule has 0 spiro atoms. The van der Waals surface area contributed by atoms with Crippen molar-refractivity contribution in [1.82, 2.24) is 9.97 Å². The summed E-state index contributed by atoms with van der Waals surface area (Å²) < 4.78 is 24.1. The Morgan fingerprint density at radius 1 is 1.64 bits per heavy atom. The minimum Gasteiger partial charge on any atom is -0.353 e. The third kappa shape index (κ3) is 2.36. The van der Waals surface area contributed by atoms with Crippen LogP contribution in [0, 0.1) is 11.3 Å². The van der Waals surface area contributed by atoms with Gasteiger partial charge < -0.3 is 4.90 Å². The van der Waals surface area contributed by atoms with Gasteiger partial charge in [0.15, 0.2) is 0 Å². The molecule has 74 valence electrons. The highest BCUT2D eigenvalue weighted by Crippen LogP contribution is 2.14. The van der Waals surface area contributed by atoms with Crippen molar-refractivity contribution in [2.45, 2.75) is 6.43 Å². The molecule has 0 atom stereocenters. The van der Waals surface area contributed by atoms with Crippen molar-refractivity contribution in [2.24, 2.45) is 0 Å². The van der Waals surface area contributed by atoms with Crippen LogP contribution in [0.5, 0.6) is 0 Å². The summed E-state index contributed by atoms with van der Waals surface area (Å²) in [5.41, 5.74) is 0.190. The number of hydrogen-bond donors (Lipinski definition) is 0. The quantitative estimate of drug-likeness (QED) is 0.728. The van der Waals surface area contributed by atoms with Crippen molar-refractivity contribution < 1.29 is 8.78 Å². The summed E-state index contributed by atoms with van der Waals surface area (Å²) >= 11 is 0. The Balaban J connectivity index is 2.89. The molecule has 0 aliphatic rings. The monoisotopic (exact) mass is 198 g/mol. The molecule has 0 aromatic carbocycles. The lowest BCUT2D eigenvalue weighted by Gasteiger charge is -2.17. The molecule has 1 rings (SSSR count). The average molecular weight is 198 g/mol. The third-order valence-corrected chi connectivity index (χ3v) is 1.59. The number of halogens is 2. The summed E-state index contributed by atoms with van der Waals surface area (Å²) in [6.45, 7) is -0.453. The minimum absolute atomic E-state index is 0.190. The van der Waals surface area contributed by atoms with Crippen LogP contribution in [0.25, 0.3) is 0 Å². The smallest absolute Gasteiger partial charge is 0.255 e. The molecule has 0 aliphatic heterocycles. The molecule has 0 saturated heterocycles. The lowest BCUT2D eigenvalue weighted by molar-refractivity contribution is 0.156. The van der Waals surface area contributed by atoms with Gasteiger partial charge in [0.2, 0.25) is 0 Å². The van der Waals surface area contributed by atoms with Crippen LogP contribution in [0.3, 0.4) is 0 Å².